The molecule has 1 N–H and O–H groups in total. The predicted octanol–water partition coefficient (Wildman–Crippen LogP) is 4.09. The number of rotatable bonds is 5. The van der Waals surface area contributed by atoms with Crippen molar-refractivity contribution in [2.75, 3.05) is 0 Å². The Morgan fingerprint density at radius 3 is 2.62 bits per heavy atom. The second-order valence-electron chi connectivity index (χ2n) is 4.64. The summed E-state index contributed by atoms with van der Waals surface area (Å²) in [6.45, 7) is -0.0919. The van der Waals surface area contributed by atoms with E-state index < -0.39 is 8.25 Å². The van der Waals surface area contributed by atoms with E-state index in [0.717, 1.165) is 12.8 Å². The summed E-state index contributed by atoms with van der Waals surface area (Å²) < 4.78 is 21.0. The molecule has 21 heavy (non-hydrogen) atoms. The van der Waals surface area contributed by atoms with Gasteiger partial charge in [-0.1, -0.05) is 28.4 Å². The fourth-order valence-electron chi connectivity index (χ4n) is 2.08. The first-order valence-electron chi connectivity index (χ1n) is 6.14. The molecule has 0 amide bonds. The molecule has 0 aromatic carbocycles. The Kier molecular flexibility index (Phi) is 4.24. The minimum Gasteiger partial charge on any atom is -0.360 e. The van der Waals surface area contributed by atoms with Crippen LogP contribution in [0.25, 0.3) is 11.3 Å². The molecule has 1 saturated carbocycles. The average Bonchev–Trinajstić information content (AvgIpc) is 3.18. The molecule has 0 spiro atoms. The van der Waals surface area contributed by atoms with Crippen LogP contribution >= 0.6 is 31.5 Å². The van der Waals surface area contributed by atoms with Crippen molar-refractivity contribution < 1.29 is 18.5 Å². The molecule has 1 atom stereocenters. The lowest BCUT2D eigenvalue weighted by Gasteiger charge is -2.04. The first-order chi connectivity index (χ1) is 10.1. The van der Waals surface area contributed by atoms with Crippen LogP contribution in [-0.2, 0) is 15.7 Å². The van der Waals surface area contributed by atoms with Gasteiger partial charge in [-0.15, -0.1) is 9.42 Å². The fourth-order valence-corrected chi connectivity index (χ4v) is 2.86. The van der Waals surface area contributed by atoms with Crippen LogP contribution < -0.4 is 0 Å². The zero-order chi connectivity index (χ0) is 15.0. The number of halogens is 2. The largest absolute Gasteiger partial charge is 0.695 e. The Balaban J connectivity index is 2.07. The van der Waals surface area contributed by atoms with Gasteiger partial charge < -0.3 is 4.52 Å². The Morgan fingerprint density at radius 1 is 1.38 bits per heavy atom. The summed E-state index contributed by atoms with van der Waals surface area (Å²) in [6, 6.07) is 0. The molecule has 0 aliphatic heterocycles. The molecule has 6 nitrogen and oxygen atoms in total. The summed E-state index contributed by atoms with van der Waals surface area (Å²) in [5.74, 6) is 0.923. The third-order valence-corrected chi connectivity index (χ3v) is 4.10. The number of pyridine rings is 1. The summed E-state index contributed by atoms with van der Waals surface area (Å²) in [4.78, 5) is 12.7. The van der Waals surface area contributed by atoms with Gasteiger partial charge in [0.2, 0.25) is 0 Å². The van der Waals surface area contributed by atoms with Gasteiger partial charge in [0.25, 0.3) is 0 Å². The fraction of sp³-hybridized carbons (Fsp3) is 0.333. The lowest BCUT2D eigenvalue weighted by atomic mass is 10.1. The normalized spacial score (nSPS) is 15.3. The van der Waals surface area contributed by atoms with Crippen molar-refractivity contribution in [3.63, 3.8) is 0 Å². The van der Waals surface area contributed by atoms with Gasteiger partial charge in [-0.3, -0.25) is 4.98 Å². The molecule has 0 bridgehead atoms. The molecule has 1 aliphatic rings. The molecule has 3 rings (SSSR count). The van der Waals surface area contributed by atoms with E-state index in [1.807, 2.05) is 0 Å². The number of aromatic nitrogens is 2. The van der Waals surface area contributed by atoms with Crippen molar-refractivity contribution in [2.45, 2.75) is 25.4 Å². The first-order valence-corrected chi connectivity index (χ1v) is 8.03. The third kappa shape index (κ3) is 3.10. The lowest BCUT2D eigenvalue weighted by molar-refractivity contribution is 0.269. The standard InChI is InChI=1S/C12H9Cl2N2O4P/c13-8-3-15-4-9(14)10(8)11-7(5-19-21(17)18)12(20-16-11)6-1-2-6/h3-4,6H,1-2,5H2/p+1. The molecule has 110 valence electrons. The van der Waals surface area contributed by atoms with E-state index in [4.69, 9.17) is 37.1 Å². The second kappa shape index (κ2) is 5.99. The highest BCUT2D eigenvalue weighted by Gasteiger charge is 2.34. The maximum Gasteiger partial charge on any atom is 0.695 e. The number of hydrogen-bond donors (Lipinski definition) is 1. The molecule has 1 fully saturated rings. The molecule has 0 saturated heterocycles. The van der Waals surface area contributed by atoms with Crippen molar-refractivity contribution in [3.05, 3.63) is 33.8 Å². The van der Waals surface area contributed by atoms with Crippen LogP contribution in [-0.4, -0.2) is 15.0 Å². The topological polar surface area (TPSA) is 85.5 Å². The zero-order valence-electron chi connectivity index (χ0n) is 10.6. The van der Waals surface area contributed by atoms with Gasteiger partial charge in [0.15, 0.2) is 0 Å². The molecule has 2 aromatic heterocycles. The van der Waals surface area contributed by atoms with E-state index >= 15 is 0 Å². The Labute approximate surface area is 131 Å². The van der Waals surface area contributed by atoms with E-state index in [-0.39, 0.29) is 12.5 Å². The smallest absolute Gasteiger partial charge is 0.360 e. The highest BCUT2D eigenvalue weighted by atomic mass is 35.5. The molecular weight excluding hydrogens is 338 g/mol. The summed E-state index contributed by atoms with van der Waals surface area (Å²) >= 11 is 12.3. The van der Waals surface area contributed by atoms with E-state index in [9.17, 15) is 4.57 Å². The predicted molar refractivity (Wildman–Crippen MR) is 76.3 cm³/mol. The summed E-state index contributed by atoms with van der Waals surface area (Å²) in [7, 11) is -2.71. The molecule has 2 heterocycles. The molecule has 9 heteroatoms. The van der Waals surface area contributed by atoms with Gasteiger partial charge in [0.1, 0.15) is 18.1 Å². The third-order valence-electron chi connectivity index (χ3n) is 3.18. The van der Waals surface area contributed by atoms with Crippen molar-refractivity contribution >= 4 is 31.5 Å². The van der Waals surface area contributed by atoms with Crippen molar-refractivity contribution in [3.8, 4) is 11.3 Å². The Morgan fingerprint density at radius 2 is 2.05 bits per heavy atom. The highest BCUT2D eigenvalue weighted by molar-refractivity contribution is 7.32. The highest BCUT2D eigenvalue weighted by Crippen LogP contribution is 2.46. The van der Waals surface area contributed by atoms with Crippen LogP contribution in [0.5, 0.6) is 0 Å². The van der Waals surface area contributed by atoms with Gasteiger partial charge in [-0.05, 0) is 12.8 Å². The lowest BCUT2D eigenvalue weighted by Crippen LogP contribution is -1.94. The molecule has 0 radical (unpaired) electrons. The second-order valence-corrected chi connectivity index (χ2v) is 6.19. The average molecular weight is 348 g/mol. The van der Waals surface area contributed by atoms with Crippen molar-refractivity contribution in [2.24, 2.45) is 0 Å². The maximum atomic E-state index is 10.8. The summed E-state index contributed by atoms with van der Waals surface area (Å²) in [5, 5.41) is 4.67. The van der Waals surface area contributed by atoms with E-state index in [1.54, 1.807) is 0 Å². The van der Waals surface area contributed by atoms with Gasteiger partial charge >= 0.3 is 8.25 Å². The van der Waals surface area contributed by atoms with Crippen molar-refractivity contribution in [1.29, 1.82) is 0 Å². The number of nitrogens with zero attached hydrogens (tertiary/aromatic N) is 2. The molecule has 1 unspecified atom stereocenters. The van der Waals surface area contributed by atoms with Crippen LogP contribution in [0.3, 0.4) is 0 Å². The SMILES string of the molecule is O=[P+](O)OCc1c(-c2c(Cl)cncc2Cl)noc1C1CC1. The molecular formula is C12H10Cl2N2O4P+. The van der Waals surface area contributed by atoms with Crippen molar-refractivity contribution in [1.82, 2.24) is 10.1 Å². The van der Waals surface area contributed by atoms with Crippen LogP contribution in [0.4, 0.5) is 0 Å². The van der Waals surface area contributed by atoms with E-state index in [2.05, 4.69) is 10.1 Å². The summed E-state index contributed by atoms with van der Waals surface area (Å²) in [6.07, 6.45) is 4.88. The molecule has 1 aliphatic carbocycles. The Hall–Kier alpha value is -1.04. The van der Waals surface area contributed by atoms with Gasteiger partial charge in [0.05, 0.1) is 15.6 Å². The number of hydrogen-bond acceptors (Lipinski definition) is 5. The van der Waals surface area contributed by atoms with Gasteiger partial charge in [0, 0.05) is 28.4 Å². The van der Waals surface area contributed by atoms with Crippen LogP contribution in [0.1, 0.15) is 30.1 Å². The maximum absolute atomic E-state index is 10.8. The van der Waals surface area contributed by atoms with E-state index in [0.29, 0.717) is 32.6 Å². The van der Waals surface area contributed by atoms with Crippen LogP contribution in [0, 0.1) is 0 Å². The minimum atomic E-state index is -2.71. The van der Waals surface area contributed by atoms with Gasteiger partial charge in [-0.25, -0.2) is 0 Å². The van der Waals surface area contributed by atoms with Gasteiger partial charge in [-0.2, -0.15) is 0 Å². The van der Waals surface area contributed by atoms with Crippen LogP contribution in [0.2, 0.25) is 10.0 Å². The quantitative estimate of drug-likeness (QED) is 0.820. The molecule has 2 aromatic rings. The minimum absolute atomic E-state index is 0.0919. The zero-order valence-corrected chi connectivity index (χ0v) is 13.0. The monoisotopic (exact) mass is 347 g/mol. The summed E-state index contributed by atoms with van der Waals surface area (Å²) in [5.41, 5.74) is 1.51. The van der Waals surface area contributed by atoms with E-state index in [1.165, 1.54) is 12.4 Å². The Bertz CT molecular complexity index is 682. The van der Waals surface area contributed by atoms with Crippen LogP contribution in [0.15, 0.2) is 16.9 Å². The first kappa shape index (κ1) is 14.9.